The largest absolute Gasteiger partial charge is 0.367 e. The van der Waals surface area contributed by atoms with Gasteiger partial charge in [0.05, 0.1) is 12.7 Å². The molecule has 0 fully saturated rings. The molecule has 0 amide bonds. The molecule has 106 valence electrons. The van der Waals surface area contributed by atoms with Crippen molar-refractivity contribution in [1.29, 1.82) is 0 Å². The maximum absolute atomic E-state index is 6.08. The molecule has 0 aliphatic rings. The van der Waals surface area contributed by atoms with Crippen LogP contribution < -0.4 is 5.73 Å². The number of halogens is 2. The second-order valence-corrected chi connectivity index (χ2v) is 6.41. The molecule has 20 heavy (non-hydrogen) atoms. The van der Waals surface area contributed by atoms with Crippen molar-refractivity contribution in [3.8, 4) is 0 Å². The van der Waals surface area contributed by atoms with E-state index in [-0.39, 0.29) is 12.1 Å². The normalized spacial score (nSPS) is 14.0. The van der Waals surface area contributed by atoms with E-state index in [0.717, 1.165) is 20.1 Å². The third kappa shape index (κ3) is 3.92. The standard InChI is InChI=1S/C16H17Br2NO/c1-11(19)16(13-7-3-5-9-15(13)18)20-10-12-6-2-4-8-14(12)17/h2-9,11,16H,10,19H2,1H3. The highest BCUT2D eigenvalue weighted by atomic mass is 79.9. The lowest BCUT2D eigenvalue weighted by Crippen LogP contribution is -2.27. The summed E-state index contributed by atoms with van der Waals surface area (Å²) >= 11 is 7.09. The van der Waals surface area contributed by atoms with E-state index in [4.69, 9.17) is 10.5 Å². The summed E-state index contributed by atoms with van der Waals surface area (Å²) < 4.78 is 8.13. The zero-order valence-corrected chi connectivity index (χ0v) is 14.4. The molecule has 2 rings (SSSR count). The molecule has 2 aromatic carbocycles. The highest BCUT2D eigenvalue weighted by molar-refractivity contribution is 9.10. The Bertz CT molecular complexity index is 572. The molecule has 0 spiro atoms. The Hall–Kier alpha value is -0.680. The van der Waals surface area contributed by atoms with E-state index in [0.29, 0.717) is 6.61 Å². The molecule has 0 aliphatic carbocycles. The zero-order valence-electron chi connectivity index (χ0n) is 11.2. The molecule has 0 aromatic heterocycles. The maximum Gasteiger partial charge on any atom is 0.0988 e. The van der Waals surface area contributed by atoms with Crippen molar-refractivity contribution < 1.29 is 4.74 Å². The number of nitrogens with two attached hydrogens (primary N) is 1. The lowest BCUT2D eigenvalue weighted by Gasteiger charge is -2.23. The van der Waals surface area contributed by atoms with Gasteiger partial charge in [-0.3, -0.25) is 0 Å². The SMILES string of the molecule is CC(N)C(OCc1ccccc1Br)c1ccccc1Br. The highest BCUT2D eigenvalue weighted by Gasteiger charge is 2.19. The van der Waals surface area contributed by atoms with Crippen LogP contribution in [-0.2, 0) is 11.3 Å². The molecule has 0 saturated heterocycles. The minimum Gasteiger partial charge on any atom is -0.367 e. The fourth-order valence-corrected chi connectivity index (χ4v) is 2.94. The van der Waals surface area contributed by atoms with E-state index in [1.807, 2.05) is 55.5 Å². The number of hydrogen-bond acceptors (Lipinski definition) is 2. The van der Waals surface area contributed by atoms with Crippen LogP contribution in [0.5, 0.6) is 0 Å². The van der Waals surface area contributed by atoms with Gasteiger partial charge in [-0.15, -0.1) is 0 Å². The van der Waals surface area contributed by atoms with Crippen molar-refractivity contribution in [2.45, 2.75) is 25.7 Å². The van der Waals surface area contributed by atoms with Gasteiger partial charge in [-0.25, -0.2) is 0 Å². The molecule has 2 unspecified atom stereocenters. The Morgan fingerprint density at radius 2 is 1.60 bits per heavy atom. The zero-order chi connectivity index (χ0) is 14.5. The molecule has 2 atom stereocenters. The van der Waals surface area contributed by atoms with Crippen LogP contribution in [0, 0.1) is 0 Å². The van der Waals surface area contributed by atoms with Gasteiger partial charge in [-0.1, -0.05) is 68.3 Å². The van der Waals surface area contributed by atoms with Gasteiger partial charge in [0.25, 0.3) is 0 Å². The summed E-state index contributed by atoms with van der Waals surface area (Å²) in [4.78, 5) is 0. The Kier molecular flexibility index (Phi) is 5.78. The molecule has 0 saturated carbocycles. The Balaban J connectivity index is 2.15. The van der Waals surface area contributed by atoms with Crippen LogP contribution in [0.25, 0.3) is 0 Å². The monoisotopic (exact) mass is 397 g/mol. The first-order valence-electron chi connectivity index (χ1n) is 6.44. The van der Waals surface area contributed by atoms with E-state index in [2.05, 4.69) is 31.9 Å². The fourth-order valence-electron chi connectivity index (χ4n) is 2.03. The second kappa shape index (κ2) is 7.36. The smallest absolute Gasteiger partial charge is 0.0988 e. The van der Waals surface area contributed by atoms with Crippen LogP contribution in [0.2, 0.25) is 0 Å². The lowest BCUT2D eigenvalue weighted by atomic mass is 10.0. The Morgan fingerprint density at radius 1 is 1.00 bits per heavy atom. The number of benzene rings is 2. The van der Waals surface area contributed by atoms with Gasteiger partial charge < -0.3 is 10.5 Å². The van der Waals surface area contributed by atoms with Crippen LogP contribution in [0.3, 0.4) is 0 Å². The van der Waals surface area contributed by atoms with E-state index in [9.17, 15) is 0 Å². The van der Waals surface area contributed by atoms with Crippen LogP contribution in [0.1, 0.15) is 24.2 Å². The topological polar surface area (TPSA) is 35.2 Å². The van der Waals surface area contributed by atoms with Crippen molar-refractivity contribution in [3.63, 3.8) is 0 Å². The summed E-state index contributed by atoms with van der Waals surface area (Å²) in [5.74, 6) is 0. The summed E-state index contributed by atoms with van der Waals surface area (Å²) in [5, 5.41) is 0. The molecule has 4 heteroatoms. The first-order valence-corrected chi connectivity index (χ1v) is 8.03. The molecule has 0 radical (unpaired) electrons. The minimum atomic E-state index is -0.141. The predicted molar refractivity (Wildman–Crippen MR) is 89.5 cm³/mol. The summed E-state index contributed by atoms with van der Waals surface area (Å²) in [7, 11) is 0. The van der Waals surface area contributed by atoms with Gasteiger partial charge in [-0.05, 0) is 30.2 Å². The van der Waals surface area contributed by atoms with Gasteiger partial charge in [0, 0.05) is 15.0 Å². The quantitative estimate of drug-likeness (QED) is 0.783. The molecule has 0 bridgehead atoms. The van der Waals surface area contributed by atoms with Crippen molar-refractivity contribution in [2.24, 2.45) is 5.73 Å². The molecule has 2 aromatic rings. The van der Waals surface area contributed by atoms with Crippen molar-refractivity contribution in [1.82, 2.24) is 0 Å². The molecule has 0 aliphatic heterocycles. The summed E-state index contributed by atoms with van der Waals surface area (Å²) in [5.41, 5.74) is 8.28. The number of ether oxygens (including phenoxy) is 1. The fraction of sp³-hybridized carbons (Fsp3) is 0.250. The van der Waals surface area contributed by atoms with E-state index in [1.165, 1.54) is 0 Å². The second-order valence-electron chi connectivity index (χ2n) is 4.70. The average molecular weight is 399 g/mol. The summed E-state index contributed by atoms with van der Waals surface area (Å²) in [6.07, 6.45) is -0.141. The van der Waals surface area contributed by atoms with Gasteiger partial charge in [0.1, 0.15) is 0 Å². The molecular weight excluding hydrogens is 382 g/mol. The Morgan fingerprint density at radius 3 is 2.20 bits per heavy atom. The average Bonchev–Trinajstić information content (AvgIpc) is 2.42. The Labute approximate surface area is 136 Å². The van der Waals surface area contributed by atoms with Gasteiger partial charge in [0.2, 0.25) is 0 Å². The van der Waals surface area contributed by atoms with Gasteiger partial charge in [-0.2, -0.15) is 0 Å². The molecular formula is C16H17Br2NO. The third-order valence-electron chi connectivity index (χ3n) is 3.07. The van der Waals surface area contributed by atoms with Crippen molar-refractivity contribution in [3.05, 3.63) is 68.6 Å². The van der Waals surface area contributed by atoms with Gasteiger partial charge >= 0.3 is 0 Å². The molecule has 2 N–H and O–H groups in total. The van der Waals surface area contributed by atoms with Crippen molar-refractivity contribution >= 4 is 31.9 Å². The lowest BCUT2D eigenvalue weighted by molar-refractivity contribution is 0.0251. The summed E-state index contributed by atoms with van der Waals surface area (Å²) in [6.45, 7) is 2.49. The highest BCUT2D eigenvalue weighted by Crippen LogP contribution is 2.29. The first kappa shape index (κ1) is 15.7. The van der Waals surface area contributed by atoms with Crippen LogP contribution in [0.4, 0.5) is 0 Å². The third-order valence-corrected chi connectivity index (χ3v) is 4.56. The minimum absolute atomic E-state index is 0.0869. The van der Waals surface area contributed by atoms with Gasteiger partial charge in [0.15, 0.2) is 0 Å². The summed E-state index contributed by atoms with van der Waals surface area (Å²) in [6, 6.07) is 16.0. The van der Waals surface area contributed by atoms with E-state index >= 15 is 0 Å². The molecule has 0 heterocycles. The van der Waals surface area contributed by atoms with Crippen LogP contribution >= 0.6 is 31.9 Å². The number of rotatable bonds is 5. The van der Waals surface area contributed by atoms with Crippen molar-refractivity contribution in [2.75, 3.05) is 0 Å². The van der Waals surface area contributed by atoms with E-state index in [1.54, 1.807) is 0 Å². The first-order chi connectivity index (χ1) is 9.59. The predicted octanol–water partition coefficient (Wildman–Crippen LogP) is 4.82. The molecule has 2 nitrogen and oxygen atoms in total. The van der Waals surface area contributed by atoms with Crippen LogP contribution in [0.15, 0.2) is 57.5 Å². The number of hydrogen-bond donors (Lipinski definition) is 1. The maximum atomic E-state index is 6.08. The van der Waals surface area contributed by atoms with Crippen LogP contribution in [-0.4, -0.2) is 6.04 Å². The van der Waals surface area contributed by atoms with E-state index < -0.39 is 0 Å².